The van der Waals surface area contributed by atoms with Gasteiger partial charge in [-0.05, 0) is 44.0 Å². The molecule has 0 spiro atoms. The Balaban J connectivity index is 1.42. The predicted octanol–water partition coefficient (Wildman–Crippen LogP) is 4.05. The van der Waals surface area contributed by atoms with E-state index >= 15 is 0 Å². The average Bonchev–Trinajstić information content (AvgIpc) is 3.43. The van der Waals surface area contributed by atoms with Gasteiger partial charge in [0.05, 0.1) is 4.75 Å². The molecular weight excluding hydrogens is 328 g/mol. The van der Waals surface area contributed by atoms with E-state index in [0.29, 0.717) is 11.9 Å². The first kappa shape index (κ1) is 16.5. The highest BCUT2D eigenvalue weighted by atomic mass is 32.2. The maximum atomic E-state index is 13.2. The van der Waals surface area contributed by atoms with Crippen LogP contribution in [0.1, 0.15) is 19.8 Å². The molecule has 1 amide bonds. The molecule has 2 fully saturated rings. The van der Waals surface area contributed by atoms with Gasteiger partial charge >= 0.3 is 0 Å². The summed E-state index contributed by atoms with van der Waals surface area (Å²) in [6.45, 7) is 4.75. The molecule has 0 radical (unpaired) electrons. The summed E-state index contributed by atoms with van der Waals surface area (Å²) in [6, 6.07) is 21.2. The summed E-state index contributed by atoms with van der Waals surface area (Å²) < 4.78 is -0.212. The number of rotatable bonds is 4. The van der Waals surface area contributed by atoms with Gasteiger partial charge in [0.15, 0.2) is 0 Å². The molecule has 0 bridgehead atoms. The van der Waals surface area contributed by atoms with Crippen molar-refractivity contribution in [2.45, 2.75) is 35.4 Å². The third-order valence-corrected chi connectivity index (χ3v) is 6.63. The molecule has 4 heteroatoms. The second kappa shape index (κ2) is 6.75. The number of thioether (sulfide) groups is 1. The lowest BCUT2D eigenvalue weighted by Gasteiger charge is -2.42. The van der Waals surface area contributed by atoms with E-state index in [1.807, 2.05) is 24.3 Å². The number of hydrogen-bond acceptors (Lipinski definition) is 3. The van der Waals surface area contributed by atoms with E-state index in [9.17, 15) is 4.79 Å². The van der Waals surface area contributed by atoms with Gasteiger partial charge in [0, 0.05) is 36.3 Å². The Morgan fingerprint density at radius 2 is 1.64 bits per heavy atom. The second-order valence-corrected chi connectivity index (χ2v) is 8.50. The maximum absolute atomic E-state index is 13.2. The molecule has 1 aliphatic heterocycles. The number of hydrogen-bond donors (Lipinski definition) is 0. The summed E-state index contributed by atoms with van der Waals surface area (Å²) in [4.78, 5) is 18.9. The van der Waals surface area contributed by atoms with Crippen LogP contribution in [0.2, 0.25) is 0 Å². The van der Waals surface area contributed by atoms with Gasteiger partial charge in [-0.1, -0.05) is 36.4 Å². The lowest BCUT2D eigenvalue weighted by atomic mass is 10.1. The highest BCUT2D eigenvalue weighted by Crippen LogP contribution is 2.53. The fraction of sp³-hybridized carbons (Fsp3) is 0.381. The molecule has 1 heterocycles. The van der Waals surface area contributed by atoms with Crippen LogP contribution in [0.25, 0.3) is 0 Å². The number of amides is 1. The molecule has 0 N–H and O–H groups in total. The predicted molar refractivity (Wildman–Crippen MR) is 104 cm³/mol. The average molecular weight is 353 g/mol. The summed E-state index contributed by atoms with van der Waals surface area (Å²) in [7, 11) is 0. The molecule has 25 heavy (non-hydrogen) atoms. The fourth-order valence-electron chi connectivity index (χ4n) is 3.62. The largest absolute Gasteiger partial charge is 0.365 e. The molecule has 3 nitrogen and oxygen atoms in total. The van der Waals surface area contributed by atoms with Crippen LogP contribution in [-0.2, 0) is 4.79 Å². The number of para-hydroxylation sites is 1. The summed E-state index contributed by atoms with van der Waals surface area (Å²) >= 11 is 1.75. The van der Waals surface area contributed by atoms with Crippen LogP contribution in [0.4, 0.5) is 5.69 Å². The molecule has 1 aliphatic carbocycles. The number of piperazine rings is 1. The van der Waals surface area contributed by atoms with E-state index in [4.69, 9.17) is 0 Å². The van der Waals surface area contributed by atoms with E-state index in [1.165, 1.54) is 10.6 Å². The van der Waals surface area contributed by atoms with Crippen LogP contribution in [0.15, 0.2) is 65.6 Å². The van der Waals surface area contributed by atoms with Crippen LogP contribution in [-0.4, -0.2) is 41.2 Å². The lowest BCUT2D eigenvalue weighted by Crippen LogP contribution is -2.55. The van der Waals surface area contributed by atoms with E-state index in [1.54, 1.807) is 11.8 Å². The zero-order valence-electron chi connectivity index (χ0n) is 14.6. The monoisotopic (exact) mass is 352 g/mol. The first-order chi connectivity index (χ1) is 12.2. The third kappa shape index (κ3) is 3.40. The van der Waals surface area contributed by atoms with Crippen LogP contribution in [0.3, 0.4) is 0 Å². The molecule has 2 aromatic carbocycles. The van der Waals surface area contributed by atoms with E-state index in [2.05, 4.69) is 53.1 Å². The van der Waals surface area contributed by atoms with Crippen LogP contribution < -0.4 is 4.90 Å². The normalized spacial score (nSPS) is 21.9. The first-order valence-electron chi connectivity index (χ1n) is 9.03. The molecule has 2 aliphatic rings. The molecule has 1 saturated carbocycles. The van der Waals surface area contributed by atoms with Crippen molar-refractivity contribution in [3.8, 4) is 0 Å². The van der Waals surface area contributed by atoms with Crippen molar-refractivity contribution in [3.05, 3.63) is 60.7 Å². The van der Waals surface area contributed by atoms with Crippen molar-refractivity contribution < 1.29 is 4.79 Å². The number of benzene rings is 2. The van der Waals surface area contributed by atoms with Crippen molar-refractivity contribution in [3.63, 3.8) is 0 Å². The van der Waals surface area contributed by atoms with Gasteiger partial charge in [-0.15, -0.1) is 11.8 Å². The molecule has 0 aromatic heterocycles. The second-order valence-electron chi connectivity index (χ2n) is 7.04. The highest BCUT2D eigenvalue weighted by Gasteiger charge is 2.53. The van der Waals surface area contributed by atoms with Crippen molar-refractivity contribution >= 4 is 23.4 Å². The zero-order valence-corrected chi connectivity index (χ0v) is 15.4. The number of carbonyl (C=O) groups is 1. The number of nitrogens with zero attached hydrogens (tertiary/aromatic N) is 2. The van der Waals surface area contributed by atoms with Crippen LogP contribution >= 0.6 is 11.8 Å². The molecule has 130 valence electrons. The van der Waals surface area contributed by atoms with Gasteiger partial charge in [0.2, 0.25) is 5.91 Å². The summed E-state index contributed by atoms with van der Waals surface area (Å²) in [5.74, 6) is 0.334. The van der Waals surface area contributed by atoms with Crippen molar-refractivity contribution in [2.75, 3.05) is 24.5 Å². The molecule has 1 saturated heterocycles. The maximum Gasteiger partial charge on any atom is 0.239 e. The Kier molecular flexibility index (Phi) is 4.46. The summed E-state index contributed by atoms with van der Waals surface area (Å²) in [5, 5.41) is 0. The molecule has 4 rings (SSSR count). The minimum atomic E-state index is -0.212. The Hall–Kier alpha value is -1.94. The first-order valence-corrected chi connectivity index (χ1v) is 9.85. The van der Waals surface area contributed by atoms with Gasteiger partial charge in [-0.3, -0.25) is 4.79 Å². The van der Waals surface area contributed by atoms with Gasteiger partial charge < -0.3 is 9.80 Å². The summed E-state index contributed by atoms with van der Waals surface area (Å²) in [5.41, 5.74) is 1.25. The molecular formula is C21H24N2OS. The van der Waals surface area contributed by atoms with Crippen molar-refractivity contribution in [1.82, 2.24) is 4.90 Å². The third-order valence-electron chi connectivity index (χ3n) is 5.15. The molecule has 2 aromatic rings. The van der Waals surface area contributed by atoms with E-state index in [-0.39, 0.29) is 4.75 Å². The SMILES string of the molecule is CC1CN(C(=O)C2(Sc3ccccc3)CC2)CCN1c1ccccc1. The van der Waals surface area contributed by atoms with Gasteiger partial charge in [-0.25, -0.2) is 0 Å². The standard InChI is InChI=1S/C21H24N2OS/c1-17-16-22(14-15-23(17)18-8-4-2-5-9-18)20(24)21(12-13-21)25-19-10-6-3-7-11-19/h2-11,17H,12-16H2,1H3. The van der Waals surface area contributed by atoms with Crippen molar-refractivity contribution in [2.24, 2.45) is 0 Å². The van der Waals surface area contributed by atoms with Gasteiger partial charge in [0.1, 0.15) is 0 Å². The minimum absolute atomic E-state index is 0.212. The smallest absolute Gasteiger partial charge is 0.239 e. The van der Waals surface area contributed by atoms with Crippen molar-refractivity contribution in [1.29, 1.82) is 0 Å². The zero-order chi connectivity index (χ0) is 17.3. The fourth-order valence-corrected chi connectivity index (χ4v) is 4.89. The Morgan fingerprint density at radius 1 is 1.00 bits per heavy atom. The van der Waals surface area contributed by atoms with Crippen LogP contribution in [0, 0.1) is 0 Å². The lowest BCUT2D eigenvalue weighted by molar-refractivity contribution is -0.132. The Labute approximate surface area is 154 Å². The quantitative estimate of drug-likeness (QED) is 0.829. The Morgan fingerprint density at radius 3 is 2.24 bits per heavy atom. The minimum Gasteiger partial charge on any atom is -0.365 e. The van der Waals surface area contributed by atoms with E-state index in [0.717, 1.165) is 32.5 Å². The number of anilines is 1. The van der Waals surface area contributed by atoms with Gasteiger partial charge in [0.25, 0.3) is 0 Å². The highest BCUT2D eigenvalue weighted by molar-refractivity contribution is 8.01. The molecule has 1 unspecified atom stereocenters. The molecule has 1 atom stereocenters. The van der Waals surface area contributed by atoms with Crippen LogP contribution in [0.5, 0.6) is 0 Å². The number of carbonyl (C=O) groups excluding carboxylic acids is 1. The topological polar surface area (TPSA) is 23.6 Å². The van der Waals surface area contributed by atoms with E-state index < -0.39 is 0 Å². The summed E-state index contributed by atoms with van der Waals surface area (Å²) in [6.07, 6.45) is 2.00. The van der Waals surface area contributed by atoms with Gasteiger partial charge in [-0.2, -0.15) is 0 Å². The Bertz CT molecular complexity index is 730.